The highest BCUT2D eigenvalue weighted by atomic mass is 16.2. The van der Waals surface area contributed by atoms with Crippen molar-refractivity contribution in [2.45, 2.75) is 26.2 Å². The van der Waals surface area contributed by atoms with Gasteiger partial charge in [-0.05, 0) is 37.8 Å². The minimum atomic E-state index is 0.0674. The molecule has 2 rings (SSSR count). The van der Waals surface area contributed by atoms with E-state index >= 15 is 0 Å². The predicted molar refractivity (Wildman–Crippen MR) is 54.2 cm³/mol. The lowest BCUT2D eigenvalue weighted by Gasteiger charge is -2.26. The Bertz CT molecular complexity index is 324. The van der Waals surface area contributed by atoms with Crippen molar-refractivity contribution in [2.75, 3.05) is 13.1 Å². The summed E-state index contributed by atoms with van der Waals surface area (Å²) >= 11 is 0. The van der Waals surface area contributed by atoms with Gasteiger partial charge in [-0.25, -0.2) is 4.79 Å². The van der Waals surface area contributed by atoms with Crippen LogP contribution >= 0.6 is 0 Å². The molecule has 0 spiro atoms. The molecule has 0 atom stereocenters. The number of piperidine rings is 1. The quantitative estimate of drug-likeness (QED) is 0.616. The smallest absolute Gasteiger partial charge is 0.324 e. The molecule has 1 fully saturated rings. The number of nitrogens with zero attached hydrogens (tertiary/aromatic N) is 2. The fraction of sp³-hybridized carbons (Fsp3) is 0.545. The monoisotopic (exact) mass is 191 g/mol. The van der Waals surface area contributed by atoms with Gasteiger partial charge in [-0.15, -0.1) is 0 Å². The normalized spacial score (nSPS) is 17.1. The molecule has 75 valence electrons. The lowest BCUT2D eigenvalue weighted by atomic mass is 10.1. The van der Waals surface area contributed by atoms with E-state index in [-0.39, 0.29) is 6.03 Å². The van der Waals surface area contributed by atoms with Gasteiger partial charge < -0.3 is 4.90 Å². The summed E-state index contributed by atoms with van der Waals surface area (Å²) in [5, 5.41) is 0. The van der Waals surface area contributed by atoms with Gasteiger partial charge >= 0.3 is 6.03 Å². The van der Waals surface area contributed by atoms with E-state index < -0.39 is 0 Å². The summed E-state index contributed by atoms with van der Waals surface area (Å²) in [4.78, 5) is 13.8. The van der Waals surface area contributed by atoms with E-state index in [0.29, 0.717) is 0 Å². The number of aromatic nitrogens is 1. The van der Waals surface area contributed by atoms with Gasteiger partial charge in [0.2, 0.25) is 0 Å². The lowest BCUT2D eigenvalue weighted by Crippen LogP contribution is -2.38. The van der Waals surface area contributed by atoms with E-state index in [1.165, 1.54) is 6.42 Å². The highest BCUT2D eigenvalue weighted by Crippen LogP contribution is 2.10. The number of carbonyl (C=O) groups is 1. The molecule has 1 saturated heterocycles. The molecule has 1 aliphatic rings. The van der Waals surface area contributed by atoms with Crippen LogP contribution in [0.4, 0.5) is 4.79 Å². The number of amides is 1. The van der Waals surface area contributed by atoms with Crippen molar-refractivity contribution in [3.63, 3.8) is 0 Å². The van der Waals surface area contributed by atoms with Crippen LogP contribution in [0.25, 0.3) is 0 Å². The minimum Gasteiger partial charge on any atom is -0.324 e. The van der Waals surface area contributed by atoms with E-state index in [2.05, 4.69) is 6.20 Å². The van der Waals surface area contributed by atoms with Crippen LogP contribution < -0.4 is 0 Å². The zero-order chi connectivity index (χ0) is 9.97. The average Bonchev–Trinajstić information content (AvgIpc) is 2.65. The number of aryl methyl sites for hydroxylation is 1. The molecule has 1 amide bonds. The molecule has 0 bridgehead atoms. The number of likely N-dealkylation sites (tertiary alicyclic amines) is 1. The molecule has 2 heterocycles. The third kappa shape index (κ3) is 1.81. The molecular weight excluding hydrogens is 176 g/mol. The van der Waals surface area contributed by atoms with Gasteiger partial charge in [0, 0.05) is 19.3 Å². The highest BCUT2D eigenvalue weighted by molar-refractivity contribution is 5.77. The Morgan fingerprint density at radius 2 is 2.07 bits per heavy atom. The summed E-state index contributed by atoms with van der Waals surface area (Å²) in [5.74, 6) is 0. The summed E-state index contributed by atoms with van der Waals surface area (Å²) in [7, 11) is 0. The number of rotatable bonds is 0. The Morgan fingerprint density at radius 3 is 2.64 bits per heavy atom. The molecule has 0 N–H and O–H groups in total. The summed E-state index contributed by atoms with van der Waals surface area (Å²) in [5.41, 5.74) is 1.01. The maximum absolute atomic E-state index is 11.9. The summed E-state index contributed by atoms with van der Waals surface area (Å²) < 4.78 is 1.56. The molecule has 3 nitrogen and oxygen atoms in total. The van der Waals surface area contributed by atoms with Crippen LogP contribution in [0.15, 0.2) is 12.3 Å². The van der Waals surface area contributed by atoms with E-state index in [9.17, 15) is 4.79 Å². The highest BCUT2D eigenvalue weighted by Gasteiger charge is 2.17. The van der Waals surface area contributed by atoms with E-state index in [1.807, 2.05) is 17.9 Å². The van der Waals surface area contributed by atoms with Crippen molar-refractivity contribution < 1.29 is 4.79 Å². The second-order valence-corrected chi connectivity index (χ2v) is 3.81. The fourth-order valence-electron chi connectivity index (χ4n) is 1.80. The molecule has 0 aromatic carbocycles. The number of hydrogen-bond donors (Lipinski definition) is 0. The average molecular weight is 191 g/mol. The van der Waals surface area contributed by atoms with Crippen molar-refractivity contribution in [1.82, 2.24) is 9.47 Å². The van der Waals surface area contributed by atoms with Gasteiger partial charge in [0.15, 0.2) is 0 Å². The zero-order valence-electron chi connectivity index (χ0n) is 8.49. The Balaban J connectivity index is 2.07. The van der Waals surface area contributed by atoms with Gasteiger partial charge in [-0.2, -0.15) is 0 Å². The van der Waals surface area contributed by atoms with Gasteiger partial charge in [0.1, 0.15) is 0 Å². The summed E-state index contributed by atoms with van der Waals surface area (Å²) in [6.07, 6.45) is 8.29. The minimum absolute atomic E-state index is 0.0674. The third-order valence-electron chi connectivity index (χ3n) is 2.60. The van der Waals surface area contributed by atoms with E-state index in [1.54, 1.807) is 10.8 Å². The SMILES string of the molecule is Cc1[c]n(C(=O)N2CCCCC2)cc1. The molecule has 0 aliphatic carbocycles. The predicted octanol–water partition coefficient (Wildman–Crippen LogP) is 2.05. The van der Waals surface area contributed by atoms with Gasteiger partial charge in [-0.3, -0.25) is 4.57 Å². The van der Waals surface area contributed by atoms with Gasteiger partial charge in [0.05, 0.1) is 6.20 Å². The van der Waals surface area contributed by atoms with Crippen molar-refractivity contribution in [2.24, 2.45) is 0 Å². The Morgan fingerprint density at radius 1 is 1.36 bits per heavy atom. The second kappa shape index (κ2) is 3.86. The van der Waals surface area contributed by atoms with Crippen molar-refractivity contribution in [1.29, 1.82) is 0 Å². The molecule has 3 heteroatoms. The lowest BCUT2D eigenvalue weighted by molar-refractivity contribution is 0.188. The molecular formula is C11H15N2O. The van der Waals surface area contributed by atoms with Gasteiger partial charge in [0.25, 0.3) is 0 Å². The summed E-state index contributed by atoms with van der Waals surface area (Å²) in [6, 6.07) is 1.97. The Labute approximate surface area is 84.3 Å². The molecule has 1 radical (unpaired) electrons. The standard InChI is InChI=1S/C11H15N2O/c1-10-5-8-13(9-10)11(14)12-6-3-2-4-7-12/h5,8H,2-4,6-7H2,1H3. The van der Waals surface area contributed by atoms with Crippen LogP contribution in [-0.4, -0.2) is 28.6 Å². The van der Waals surface area contributed by atoms with Crippen molar-refractivity contribution in [3.8, 4) is 0 Å². The van der Waals surface area contributed by atoms with E-state index in [4.69, 9.17) is 0 Å². The topological polar surface area (TPSA) is 25.2 Å². The van der Waals surface area contributed by atoms with Gasteiger partial charge in [-0.1, -0.05) is 0 Å². The first kappa shape index (κ1) is 9.31. The first-order valence-electron chi connectivity index (χ1n) is 5.14. The van der Waals surface area contributed by atoms with Crippen LogP contribution in [0.2, 0.25) is 0 Å². The maximum Gasteiger partial charge on any atom is 0.328 e. The summed E-state index contributed by atoms with van der Waals surface area (Å²) in [6.45, 7) is 3.73. The largest absolute Gasteiger partial charge is 0.328 e. The van der Waals surface area contributed by atoms with Crippen LogP contribution in [0.3, 0.4) is 0 Å². The first-order chi connectivity index (χ1) is 6.77. The molecule has 0 unspecified atom stereocenters. The molecule has 0 saturated carbocycles. The van der Waals surface area contributed by atoms with Crippen LogP contribution in [0.1, 0.15) is 24.8 Å². The Hall–Kier alpha value is -1.25. The van der Waals surface area contributed by atoms with Crippen molar-refractivity contribution in [3.05, 3.63) is 24.0 Å². The van der Waals surface area contributed by atoms with Crippen LogP contribution in [-0.2, 0) is 0 Å². The molecule has 1 aliphatic heterocycles. The zero-order valence-corrected chi connectivity index (χ0v) is 8.49. The molecule has 1 aromatic heterocycles. The first-order valence-corrected chi connectivity index (χ1v) is 5.14. The fourth-order valence-corrected chi connectivity index (χ4v) is 1.80. The molecule has 1 aromatic rings. The second-order valence-electron chi connectivity index (χ2n) is 3.81. The van der Waals surface area contributed by atoms with Crippen LogP contribution in [0, 0.1) is 13.1 Å². The number of carbonyl (C=O) groups excluding carboxylic acids is 1. The van der Waals surface area contributed by atoms with Crippen LogP contribution in [0.5, 0.6) is 0 Å². The molecule has 14 heavy (non-hydrogen) atoms. The number of hydrogen-bond acceptors (Lipinski definition) is 1. The van der Waals surface area contributed by atoms with E-state index in [0.717, 1.165) is 31.5 Å². The third-order valence-corrected chi connectivity index (χ3v) is 2.60. The van der Waals surface area contributed by atoms with Crippen molar-refractivity contribution >= 4 is 6.03 Å². The Kier molecular flexibility index (Phi) is 2.57. The maximum atomic E-state index is 11.9.